The Kier molecular flexibility index (Phi) is 4.86. The number of rotatable bonds is 4. The summed E-state index contributed by atoms with van der Waals surface area (Å²) in [6.07, 6.45) is 1.81. The predicted molar refractivity (Wildman–Crippen MR) is 78.3 cm³/mol. The Morgan fingerprint density at radius 2 is 1.89 bits per heavy atom. The highest BCUT2D eigenvalue weighted by atomic mass is 35.5. The monoisotopic (exact) mass is 296 g/mol. The van der Waals surface area contributed by atoms with Gasteiger partial charge in [0.05, 0.1) is 11.1 Å². The number of halogens is 2. The fraction of sp³-hybridized carbons (Fsp3) is 0.200. The first-order valence-corrected chi connectivity index (χ1v) is 7.46. The molecule has 19 heavy (non-hydrogen) atoms. The average Bonchev–Trinajstić information content (AvgIpc) is 2.43. The number of hydrogen-bond donors (Lipinski definition) is 1. The van der Waals surface area contributed by atoms with Gasteiger partial charge >= 0.3 is 0 Å². The molecular formula is C15H14ClFOS. The minimum absolute atomic E-state index is 0.0856. The molecular weight excluding hydrogens is 283 g/mol. The Labute approximate surface area is 121 Å². The quantitative estimate of drug-likeness (QED) is 0.840. The second-order valence-electron chi connectivity index (χ2n) is 4.24. The summed E-state index contributed by atoms with van der Waals surface area (Å²) >= 11 is 7.38. The molecule has 4 heteroatoms. The molecule has 0 aromatic heterocycles. The van der Waals surface area contributed by atoms with Crippen LogP contribution in [0.5, 0.6) is 0 Å². The molecule has 100 valence electrons. The van der Waals surface area contributed by atoms with E-state index in [4.69, 9.17) is 11.6 Å². The van der Waals surface area contributed by atoms with E-state index in [1.54, 1.807) is 23.9 Å². The average molecular weight is 297 g/mol. The van der Waals surface area contributed by atoms with E-state index in [2.05, 4.69) is 0 Å². The van der Waals surface area contributed by atoms with E-state index in [0.29, 0.717) is 6.42 Å². The van der Waals surface area contributed by atoms with Crippen molar-refractivity contribution in [2.24, 2.45) is 0 Å². The zero-order valence-corrected chi connectivity index (χ0v) is 12.0. The van der Waals surface area contributed by atoms with E-state index in [1.807, 2.05) is 30.5 Å². The lowest BCUT2D eigenvalue weighted by Crippen LogP contribution is -2.02. The number of aliphatic hydroxyl groups excluding tert-OH is 1. The maximum atomic E-state index is 13.0. The first-order valence-electron chi connectivity index (χ1n) is 5.86. The van der Waals surface area contributed by atoms with Gasteiger partial charge in [0.1, 0.15) is 5.82 Å². The van der Waals surface area contributed by atoms with Crippen LogP contribution in [0.3, 0.4) is 0 Å². The second-order valence-corrected chi connectivity index (χ2v) is 5.53. The van der Waals surface area contributed by atoms with Crippen molar-refractivity contribution < 1.29 is 9.50 Å². The first-order chi connectivity index (χ1) is 9.10. The van der Waals surface area contributed by atoms with Crippen molar-refractivity contribution in [3.05, 3.63) is 64.4 Å². The Bertz CT molecular complexity index is 557. The molecule has 2 aromatic rings. The Morgan fingerprint density at radius 3 is 2.47 bits per heavy atom. The van der Waals surface area contributed by atoms with Crippen LogP contribution < -0.4 is 0 Å². The first kappa shape index (κ1) is 14.4. The molecule has 2 aromatic carbocycles. The molecule has 0 fully saturated rings. The maximum Gasteiger partial charge on any atom is 0.141 e. The minimum Gasteiger partial charge on any atom is -0.388 e. The van der Waals surface area contributed by atoms with Gasteiger partial charge in [0.15, 0.2) is 0 Å². The van der Waals surface area contributed by atoms with E-state index in [0.717, 1.165) is 16.0 Å². The van der Waals surface area contributed by atoms with Gasteiger partial charge in [0.25, 0.3) is 0 Å². The summed E-state index contributed by atoms with van der Waals surface area (Å²) in [5, 5.41) is 10.2. The van der Waals surface area contributed by atoms with Crippen LogP contribution in [0, 0.1) is 5.82 Å². The SMILES string of the molecule is CSc1ccc(C(O)Cc2ccc(F)c(Cl)c2)cc1. The van der Waals surface area contributed by atoms with Crippen LogP contribution in [-0.2, 0) is 6.42 Å². The molecule has 1 unspecified atom stereocenters. The number of hydrogen-bond acceptors (Lipinski definition) is 2. The molecule has 1 N–H and O–H groups in total. The number of thioether (sulfide) groups is 1. The molecule has 0 aliphatic carbocycles. The van der Waals surface area contributed by atoms with Gasteiger partial charge in [-0.15, -0.1) is 11.8 Å². The molecule has 0 aliphatic heterocycles. The standard InChI is InChI=1S/C15H14ClFOS/c1-19-12-5-3-11(4-6-12)15(18)9-10-2-7-14(17)13(16)8-10/h2-8,15,18H,9H2,1H3. The Morgan fingerprint density at radius 1 is 1.21 bits per heavy atom. The zero-order valence-electron chi connectivity index (χ0n) is 10.4. The third-order valence-electron chi connectivity index (χ3n) is 2.91. The number of benzene rings is 2. The Balaban J connectivity index is 2.10. The summed E-state index contributed by atoms with van der Waals surface area (Å²) in [4.78, 5) is 1.15. The lowest BCUT2D eigenvalue weighted by Gasteiger charge is -2.12. The summed E-state index contributed by atoms with van der Waals surface area (Å²) in [5.41, 5.74) is 1.66. The van der Waals surface area contributed by atoms with Crippen LogP contribution in [0.25, 0.3) is 0 Å². The molecule has 0 radical (unpaired) electrons. The molecule has 0 spiro atoms. The molecule has 0 amide bonds. The van der Waals surface area contributed by atoms with Gasteiger partial charge in [-0.25, -0.2) is 4.39 Å². The van der Waals surface area contributed by atoms with Crippen LogP contribution in [-0.4, -0.2) is 11.4 Å². The molecule has 2 rings (SSSR count). The van der Waals surface area contributed by atoms with Crippen molar-refractivity contribution in [3.63, 3.8) is 0 Å². The maximum absolute atomic E-state index is 13.0. The molecule has 0 aliphatic rings. The Hall–Kier alpha value is -1.03. The minimum atomic E-state index is -0.613. The summed E-state index contributed by atoms with van der Waals surface area (Å²) < 4.78 is 13.0. The van der Waals surface area contributed by atoms with E-state index in [9.17, 15) is 9.50 Å². The van der Waals surface area contributed by atoms with Gasteiger partial charge in [-0.1, -0.05) is 29.8 Å². The van der Waals surface area contributed by atoms with Crippen molar-refractivity contribution in [2.75, 3.05) is 6.26 Å². The van der Waals surface area contributed by atoms with Crippen molar-refractivity contribution in [2.45, 2.75) is 17.4 Å². The number of aliphatic hydroxyl groups is 1. The zero-order chi connectivity index (χ0) is 13.8. The van der Waals surface area contributed by atoms with E-state index in [1.165, 1.54) is 6.07 Å². The van der Waals surface area contributed by atoms with Crippen molar-refractivity contribution in [3.8, 4) is 0 Å². The summed E-state index contributed by atoms with van der Waals surface area (Å²) in [6, 6.07) is 12.3. The highest BCUT2D eigenvalue weighted by molar-refractivity contribution is 7.98. The van der Waals surface area contributed by atoms with Gasteiger partial charge in [0.2, 0.25) is 0 Å². The lowest BCUT2D eigenvalue weighted by atomic mass is 10.0. The van der Waals surface area contributed by atoms with E-state index >= 15 is 0 Å². The van der Waals surface area contributed by atoms with Gasteiger partial charge in [0, 0.05) is 11.3 Å². The largest absolute Gasteiger partial charge is 0.388 e. The fourth-order valence-electron chi connectivity index (χ4n) is 1.83. The normalized spacial score (nSPS) is 12.4. The summed E-state index contributed by atoms with van der Waals surface area (Å²) in [5.74, 6) is -0.441. The molecule has 0 heterocycles. The lowest BCUT2D eigenvalue weighted by molar-refractivity contribution is 0.178. The fourth-order valence-corrected chi connectivity index (χ4v) is 2.45. The summed E-state index contributed by atoms with van der Waals surface area (Å²) in [6.45, 7) is 0. The molecule has 0 saturated heterocycles. The van der Waals surface area contributed by atoms with E-state index in [-0.39, 0.29) is 5.02 Å². The van der Waals surface area contributed by atoms with Crippen molar-refractivity contribution in [1.29, 1.82) is 0 Å². The summed E-state index contributed by atoms with van der Waals surface area (Å²) in [7, 11) is 0. The topological polar surface area (TPSA) is 20.2 Å². The molecule has 1 nitrogen and oxygen atoms in total. The highest BCUT2D eigenvalue weighted by Gasteiger charge is 2.10. The van der Waals surface area contributed by atoms with Crippen molar-refractivity contribution >= 4 is 23.4 Å². The predicted octanol–water partition coefficient (Wildman–Crippen LogP) is 4.48. The molecule has 0 bridgehead atoms. The third kappa shape index (κ3) is 3.72. The van der Waals surface area contributed by atoms with Gasteiger partial charge in [-0.05, 0) is 41.6 Å². The van der Waals surface area contributed by atoms with Gasteiger partial charge in [-0.3, -0.25) is 0 Å². The van der Waals surface area contributed by atoms with Crippen LogP contribution in [0.1, 0.15) is 17.2 Å². The van der Waals surface area contributed by atoms with Crippen molar-refractivity contribution in [1.82, 2.24) is 0 Å². The van der Waals surface area contributed by atoms with Gasteiger partial charge < -0.3 is 5.11 Å². The van der Waals surface area contributed by atoms with Crippen LogP contribution in [0.4, 0.5) is 4.39 Å². The second kappa shape index (κ2) is 6.42. The van der Waals surface area contributed by atoms with Crippen LogP contribution in [0.15, 0.2) is 47.4 Å². The van der Waals surface area contributed by atoms with E-state index < -0.39 is 11.9 Å². The third-order valence-corrected chi connectivity index (χ3v) is 3.95. The van der Waals surface area contributed by atoms with Crippen LogP contribution in [0.2, 0.25) is 5.02 Å². The van der Waals surface area contributed by atoms with Crippen LogP contribution >= 0.6 is 23.4 Å². The molecule has 0 saturated carbocycles. The van der Waals surface area contributed by atoms with Gasteiger partial charge in [-0.2, -0.15) is 0 Å². The molecule has 1 atom stereocenters. The smallest absolute Gasteiger partial charge is 0.141 e. The highest BCUT2D eigenvalue weighted by Crippen LogP contribution is 2.24.